The third-order valence-electron chi connectivity index (χ3n) is 8.57. The zero-order valence-corrected chi connectivity index (χ0v) is 23.5. The number of nitrogens with one attached hydrogen (secondary N) is 2. The number of hydrogen-bond donors (Lipinski definition) is 2. The Morgan fingerprint density at radius 1 is 1.03 bits per heavy atom. The van der Waals surface area contributed by atoms with Crippen molar-refractivity contribution in [1.82, 2.24) is 19.5 Å². The first-order chi connectivity index (χ1) is 19.1. The lowest BCUT2D eigenvalue weighted by atomic mass is 9.81. The molecule has 3 aromatic rings. The number of nitrogens with zero attached hydrogens (tertiary/aromatic N) is 2. The van der Waals surface area contributed by atoms with Gasteiger partial charge in [-0.1, -0.05) is 49.4 Å². The molecule has 4 bridgehead atoms. The lowest BCUT2D eigenvalue weighted by molar-refractivity contribution is -0.121. The fourth-order valence-electron chi connectivity index (χ4n) is 6.43. The largest absolute Gasteiger partial charge is 0.491 e. The van der Waals surface area contributed by atoms with E-state index < -0.39 is 0 Å². The summed E-state index contributed by atoms with van der Waals surface area (Å²) in [6.45, 7) is 2.64. The summed E-state index contributed by atoms with van der Waals surface area (Å²) in [7, 11) is 2.12. The number of hydrogen-bond acceptors (Lipinski definition) is 5. The van der Waals surface area contributed by atoms with Crippen molar-refractivity contribution in [3.8, 4) is 17.0 Å². The minimum absolute atomic E-state index is 0.0562. The van der Waals surface area contributed by atoms with Gasteiger partial charge in [0.05, 0.1) is 11.7 Å². The van der Waals surface area contributed by atoms with Crippen molar-refractivity contribution in [2.45, 2.75) is 63.5 Å². The van der Waals surface area contributed by atoms with Gasteiger partial charge in [-0.05, 0) is 62.1 Å². The highest BCUT2D eigenvalue weighted by molar-refractivity contribution is 7.97. The molecule has 2 amide bonds. The van der Waals surface area contributed by atoms with E-state index in [1.165, 1.54) is 60.7 Å². The maximum atomic E-state index is 13.2. The van der Waals surface area contributed by atoms with Crippen LogP contribution in [0, 0.1) is 0 Å². The quantitative estimate of drug-likeness (QED) is 0.403. The Labute approximate surface area is 234 Å². The molecule has 1 saturated carbocycles. The van der Waals surface area contributed by atoms with E-state index in [-0.39, 0.29) is 17.9 Å². The van der Waals surface area contributed by atoms with Crippen LogP contribution in [-0.2, 0) is 11.3 Å². The second kappa shape index (κ2) is 11.6. The fourth-order valence-corrected chi connectivity index (χ4v) is 7.07. The summed E-state index contributed by atoms with van der Waals surface area (Å²) in [6.07, 6.45) is 7.37. The average molecular weight is 547 g/mol. The van der Waals surface area contributed by atoms with Gasteiger partial charge in [-0.2, -0.15) is 0 Å². The van der Waals surface area contributed by atoms with Crippen molar-refractivity contribution in [3.63, 3.8) is 0 Å². The number of carbonyl (C=O) groups is 2. The number of para-hydroxylation sites is 1. The summed E-state index contributed by atoms with van der Waals surface area (Å²) >= 11 is 1.38. The normalized spacial score (nSPS) is 21.9. The first-order valence-electron chi connectivity index (χ1n) is 14.4. The Bertz CT molecular complexity index is 1360. The van der Waals surface area contributed by atoms with Crippen molar-refractivity contribution < 1.29 is 14.3 Å². The van der Waals surface area contributed by atoms with Crippen LogP contribution in [0.15, 0.2) is 42.5 Å². The maximum absolute atomic E-state index is 13.2. The van der Waals surface area contributed by atoms with Crippen LogP contribution < -0.4 is 14.8 Å². The molecule has 2 aliphatic heterocycles. The molecule has 1 aliphatic carbocycles. The molecule has 1 atom stereocenters. The third-order valence-corrected chi connectivity index (χ3v) is 9.39. The average Bonchev–Trinajstić information content (AvgIpc) is 3.26. The predicted molar refractivity (Wildman–Crippen MR) is 157 cm³/mol. The SMILES string of the molecule is CN1CCNC(=O)CCCSNC(=O)c2ccc3c(C4CCCCC4)c4n(c3c2)CC1COc1ccccc1-4. The molecule has 206 valence electrons. The zero-order valence-electron chi connectivity index (χ0n) is 22.7. The summed E-state index contributed by atoms with van der Waals surface area (Å²) in [5, 5.41) is 4.32. The van der Waals surface area contributed by atoms with E-state index >= 15 is 0 Å². The first-order valence-corrected chi connectivity index (χ1v) is 15.4. The van der Waals surface area contributed by atoms with Crippen molar-refractivity contribution in [1.29, 1.82) is 0 Å². The van der Waals surface area contributed by atoms with E-state index in [0.29, 0.717) is 36.8 Å². The number of likely N-dealkylation sites (N-methyl/N-ethyl adjacent to an activating group) is 1. The summed E-state index contributed by atoms with van der Waals surface area (Å²) in [6, 6.07) is 14.8. The Morgan fingerprint density at radius 2 is 1.87 bits per heavy atom. The van der Waals surface area contributed by atoms with Crippen LogP contribution in [0.25, 0.3) is 22.2 Å². The Morgan fingerprint density at radius 3 is 2.74 bits per heavy atom. The van der Waals surface area contributed by atoms with E-state index in [0.717, 1.165) is 36.3 Å². The summed E-state index contributed by atoms with van der Waals surface area (Å²) in [5.74, 6) is 2.06. The molecule has 1 unspecified atom stereocenters. The molecule has 8 heteroatoms. The van der Waals surface area contributed by atoms with Gasteiger partial charge >= 0.3 is 0 Å². The number of ether oxygens (including phenoxy) is 1. The number of fused-ring (bicyclic) bond motifs is 4. The summed E-state index contributed by atoms with van der Waals surface area (Å²) in [5.41, 5.74) is 5.57. The molecule has 0 saturated heterocycles. The van der Waals surface area contributed by atoms with Gasteiger partial charge < -0.3 is 14.6 Å². The van der Waals surface area contributed by atoms with Gasteiger partial charge in [-0.15, -0.1) is 0 Å². The topological polar surface area (TPSA) is 75.6 Å². The zero-order chi connectivity index (χ0) is 26.8. The molecular formula is C31H38N4O3S. The van der Waals surface area contributed by atoms with Gasteiger partial charge in [0.25, 0.3) is 5.91 Å². The van der Waals surface area contributed by atoms with Crippen molar-refractivity contribution >= 4 is 34.7 Å². The molecule has 1 aromatic heterocycles. The van der Waals surface area contributed by atoms with E-state index in [2.05, 4.69) is 56.9 Å². The molecule has 39 heavy (non-hydrogen) atoms. The van der Waals surface area contributed by atoms with Gasteiger partial charge in [0.1, 0.15) is 12.4 Å². The molecule has 2 N–H and O–H groups in total. The Hall–Kier alpha value is -2.97. The van der Waals surface area contributed by atoms with Crippen molar-refractivity contribution in [2.24, 2.45) is 0 Å². The predicted octanol–water partition coefficient (Wildman–Crippen LogP) is 5.34. The molecular weight excluding hydrogens is 508 g/mol. The number of carbonyl (C=O) groups excluding carboxylic acids is 2. The highest BCUT2D eigenvalue weighted by Gasteiger charge is 2.31. The van der Waals surface area contributed by atoms with Gasteiger partial charge in [0.15, 0.2) is 0 Å². The van der Waals surface area contributed by atoms with Crippen LogP contribution in [0.5, 0.6) is 5.75 Å². The second-order valence-corrected chi connectivity index (χ2v) is 12.0. The number of rotatable bonds is 1. The number of benzene rings is 2. The van der Waals surface area contributed by atoms with Gasteiger partial charge in [-0.25, -0.2) is 0 Å². The Kier molecular flexibility index (Phi) is 7.84. The van der Waals surface area contributed by atoms with Gasteiger partial charge in [0.2, 0.25) is 5.91 Å². The van der Waals surface area contributed by atoms with E-state index in [9.17, 15) is 9.59 Å². The van der Waals surface area contributed by atoms with Crippen LogP contribution in [-0.4, -0.2) is 59.8 Å². The highest BCUT2D eigenvalue weighted by atomic mass is 32.2. The molecule has 1 fully saturated rings. The second-order valence-electron chi connectivity index (χ2n) is 11.1. The molecule has 3 heterocycles. The van der Waals surface area contributed by atoms with Crippen molar-refractivity contribution in [3.05, 3.63) is 53.6 Å². The van der Waals surface area contributed by atoms with E-state index in [4.69, 9.17) is 4.74 Å². The molecule has 2 aromatic carbocycles. The molecule has 0 spiro atoms. The summed E-state index contributed by atoms with van der Waals surface area (Å²) < 4.78 is 12.0. The highest BCUT2D eigenvalue weighted by Crippen LogP contribution is 2.47. The van der Waals surface area contributed by atoms with E-state index in [1.807, 2.05) is 12.1 Å². The molecule has 0 radical (unpaired) electrons. The smallest absolute Gasteiger partial charge is 0.261 e. The minimum Gasteiger partial charge on any atom is -0.491 e. The maximum Gasteiger partial charge on any atom is 0.261 e. The van der Waals surface area contributed by atoms with Gasteiger partial charge in [-0.3, -0.25) is 19.2 Å². The van der Waals surface area contributed by atoms with Gasteiger partial charge in [0, 0.05) is 53.8 Å². The monoisotopic (exact) mass is 546 g/mol. The Balaban J connectivity index is 1.53. The van der Waals surface area contributed by atoms with Crippen molar-refractivity contribution in [2.75, 3.05) is 32.5 Å². The molecule has 6 rings (SSSR count). The van der Waals surface area contributed by atoms with Crippen LogP contribution in [0.2, 0.25) is 0 Å². The fraction of sp³-hybridized carbons (Fsp3) is 0.484. The van der Waals surface area contributed by atoms with Crippen LogP contribution >= 0.6 is 11.9 Å². The lowest BCUT2D eigenvalue weighted by Gasteiger charge is -2.32. The minimum atomic E-state index is -0.0892. The van der Waals surface area contributed by atoms with Crippen LogP contribution in [0.1, 0.15) is 66.8 Å². The summed E-state index contributed by atoms with van der Waals surface area (Å²) in [4.78, 5) is 27.8. The third kappa shape index (κ3) is 5.41. The number of aromatic nitrogens is 1. The number of amides is 2. The molecule has 7 nitrogen and oxygen atoms in total. The lowest BCUT2D eigenvalue weighted by Crippen LogP contribution is -2.44. The molecule has 3 aliphatic rings. The standard InChI is InChI=1S/C31H38N4O3S/c1-34-16-15-32-28(36)12-7-17-39-33-31(37)22-13-14-24-26(18-22)35-19-23(34)20-38-27-11-6-5-10-25(27)30(35)29(24)21-8-3-2-4-9-21/h5-6,10-11,13-14,18,21,23H,2-4,7-9,12,15-17,19-20H2,1H3,(H,32,36)(H,33,37). The van der Waals surface area contributed by atoms with Crippen LogP contribution in [0.4, 0.5) is 0 Å². The van der Waals surface area contributed by atoms with Crippen LogP contribution in [0.3, 0.4) is 0 Å². The first kappa shape index (κ1) is 26.3. The van der Waals surface area contributed by atoms with E-state index in [1.54, 1.807) is 0 Å².